The van der Waals surface area contributed by atoms with Gasteiger partial charge in [0.1, 0.15) is 5.75 Å². The van der Waals surface area contributed by atoms with Crippen molar-refractivity contribution in [1.29, 1.82) is 0 Å². The van der Waals surface area contributed by atoms with E-state index in [1.807, 2.05) is 46.2 Å². The van der Waals surface area contributed by atoms with E-state index in [0.29, 0.717) is 50.5 Å². The molecule has 3 fully saturated rings. The molecule has 5 rings (SSSR count). The zero-order valence-corrected chi connectivity index (χ0v) is 16.3. The van der Waals surface area contributed by atoms with Crippen molar-refractivity contribution in [2.75, 3.05) is 26.3 Å². The lowest BCUT2D eigenvalue weighted by Crippen LogP contribution is -2.48. The molecule has 150 valence electrons. The van der Waals surface area contributed by atoms with Gasteiger partial charge < -0.3 is 19.3 Å². The Kier molecular flexibility index (Phi) is 4.51. The zero-order valence-electron chi connectivity index (χ0n) is 16.3. The number of likely N-dealkylation sites (tertiary alicyclic amines) is 1. The zero-order chi connectivity index (χ0) is 19.8. The van der Waals surface area contributed by atoms with E-state index >= 15 is 0 Å². The highest BCUT2D eigenvalue weighted by molar-refractivity contribution is 5.98. The monoisotopic (exact) mass is 392 g/mol. The summed E-state index contributed by atoms with van der Waals surface area (Å²) in [5.74, 6) is 0.577. The number of amides is 2. The number of para-hydroxylation sites is 1. The lowest BCUT2D eigenvalue weighted by molar-refractivity contribution is -0.136. The number of carbonyl (C=O) groups excluding carboxylic acids is 2. The van der Waals surface area contributed by atoms with E-state index in [4.69, 9.17) is 9.47 Å². The predicted molar refractivity (Wildman–Crippen MR) is 107 cm³/mol. The second kappa shape index (κ2) is 7.19. The van der Waals surface area contributed by atoms with Crippen LogP contribution < -0.4 is 4.74 Å². The van der Waals surface area contributed by atoms with Crippen LogP contribution in [0.3, 0.4) is 0 Å². The van der Waals surface area contributed by atoms with Crippen LogP contribution in [0.2, 0.25) is 0 Å². The van der Waals surface area contributed by atoms with Crippen LogP contribution in [0.25, 0.3) is 0 Å². The number of rotatable bonds is 5. The third-order valence-corrected chi connectivity index (χ3v) is 6.27. The minimum absolute atomic E-state index is 0.0809. The van der Waals surface area contributed by atoms with Gasteiger partial charge >= 0.3 is 0 Å². The molecule has 0 aliphatic carbocycles. The second-order valence-corrected chi connectivity index (χ2v) is 7.79. The highest BCUT2D eigenvalue weighted by atomic mass is 16.5. The summed E-state index contributed by atoms with van der Waals surface area (Å²) in [6.07, 6.45) is 1.78. The molecule has 0 saturated carbocycles. The van der Waals surface area contributed by atoms with Crippen molar-refractivity contribution >= 4 is 11.8 Å². The maximum absolute atomic E-state index is 13.4. The Balaban J connectivity index is 1.32. The Morgan fingerprint density at radius 3 is 2.76 bits per heavy atom. The SMILES string of the molecule is O=C(c1ccccc1OCCc1ccccc1)N1CC[C@@]23OCCN2C(=O)C[C@@H]13. The van der Waals surface area contributed by atoms with Gasteiger partial charge in [-0.25, -0.2) is 0 Å². The molecule has 0 unspecified atom stereocenters. The van der Waals surface area contributed by atoms with Gasteiger partial charge in [0.15, 0.2) is 5.72 Å². The van der Waals surface area contributed by atoms with Gasteiger partial charge in [0.25, 0.3) is 5.91 Å². The molecule has 2 amide bonds. The maximum atomic E-state index is 13.4. The first-order valence-corrected chi connectivity index (χ1v) is 10.2. The molecule has 0 aromatic heterocycles. The second-order valence-electron chi connectivity index (χ2n) is 7.79. The fraction of sp³-hybridized carbons (Fsp3) is 0.391. The van der Waals surface area contributed by atoms with Crippen LogP contribution in [0.5, 0.6) is 5.75 Å². The molecule has 2 aromatic rings. The molecule has 0 N–H and O–H groups in total. The fourth-order valence-electron chi connectivity index (χ4n) is 4.88. The summed E-state index contributed by atoms with van der Waals surface area (Å²) in [5.41, 5.74) is 1.12. The van der Waals surface area contributed by atoms with Crippen molar-refractivity contribution in [2.24, 2.45) is 0 Å². The Hall–Kier alpha value is -2.86. The molecule has 1 spiro atoms. The molecule has 0 bridgehead atoms. The third-order valence-electron chi connectivity index (χ3n) is 6.27. The van der Waals surface area contributed by atoms with E-state index < -0.39 is 5.72 Å². The van der Waals surface area contributed by atoms with Gasteiger partial charge in [-0.15, -0.1) is 0 Å². The molecular formula is C23H24N2O4. The molecule has 29 heavy (non-hydrogen) atoms. The van der Waals surface area contributed by atoms with Crippen LogP contribution >= 0.6 is 0 Å². The van der Waals surface area contributed by atoms with Crippen molar-refractivity contribution in [3.63, 3.8) is 0 Å². The van der Waals surface area contributed by atoms with Gasteiger partial charge in [0.05, 0.1) is 31.2 Å². The first kappa shape index (κ1) is 18.2. The standard InChI is InChI=1S/C23H24N2O4/c26-21-16-20-23(25(21)13-15-29-23)11-12-24(20)22(27)18-8-4-5-9-19(18)28-14-10-17-6-2-1-3-7-17/h1-9,20H,10-16H2/t20-,23+/m1/s1. The minimum Gasteiger partial charge on any atom is -0.492 e. The summed E-state index contributed by atoms with van der Waals surface area (Å²) in [4.78, 5) is 29.4. The maximum Gasteiger partial charge on any atom is 0.258 e. The summed E-state index contributed by atoms with van der Waals surface area (Å²) in [6.45, 7) is 2.25. The number of hydrogen-bond donors (Lipinski definition) is 0. The Morgan fingerprint density at radius 2 is 1.90 bits per heavy atom. The fourth-order valence-corrected chi connectivity index (χ4v) is 4.88. The molecule has 3 saturated heterocycles. The normalized spacial score (nSPS) is 25.2. The quantitative estimate of drug-likeness (QED) is 0.785. The lowest BCUT2D eigenvalue weighted by atomic mass is 10.1. The van der Waals surface area contributed by atoms with Crippen LogP contribution in [0.15, 0.2) is 54.6 Å². The van der Waals surface area contributed by atoms with Crippen molar-refractivity contribution < 1.29 is 19.1 Å². The molecule has 3 heterocycles. The van der Waals surface area contributed by atoms with Gasteiger partial charge in [-0.2, -0.15) is 0 Å². The van der Waals surface area contributed by atoms with Crippen LogP contribution in [-0.4, -0.2) is 59.7 Å². The minimum atomic E-state index is -0.615. The first-order valence-electron chi connectivity index (χ1n) is 10.2. The molecule has 6 nitrogen and oxygen atoms in total. The van der Waals surface area contributed by atoms with Crippen LogP contribution in [0.1, 0.15) is 28.8 Å². The summed E-state index contributed by atoms with van der Waals surface area (Å²) < 4.78 is 12.0. The Bertz CT molecular complexity index is 931. The van der Waals surface area contributed by atoms with E-state index in [1.54, 1.807) is 6.07 Å². The number of benzene rings is 2. The number of hydrogen-bond acceptors (Lipinski definition) is 4. The summed E-state index contributed by atoms with van der Waals surface area (Å²) in [6, 6.07) is 17.3. The first-order chi connectivity index (χ1) is 14.2. The number of carbonyl (C=O) groups is 2. The lowest BCUT2D eigenvalue weighted by Gasteiger charge is -2.31. The predicted octanol–water partition coefficient (Wildman–Crippen LogP) is 2.48. The highest BCUT2D eigenvalue weighted by Crippen LogP contribution is 2.46. The highest BCUT2D eigenvalue weighted by Gasteiger charge is 2.63. The number of nitrogens with zero attached hydrogens (tertiary/aromatic N) is 2. The average Bonchev–Trinajstić information content (AvgIpc) is 3.40. The molecule has 6 heteroatoms. The molecule has 2 atom stereocenters. The van der Waals surface area contributed by atoms with Crippen molar-refractivity contribution in [3.8, 4) is 5.75 Å². The van der Waals surface area contributed by atoms with Gasteiger partial charge in [0.2, 0.25) is 5.91 Å². The van der Waals surface area contributed by atoms with Crippen molar-refractivity contribution in [1.82, 2.24) is 9.80 Å². The third kappa shape index (κ3) is 2.99. The van der Waals surface area contributed by atoms with E-state index in [-0.39, 0.29) is 17.9 Å². The Morgan fingerprint density at radius 1 is 1.10 bits per heavy atom. The molecular weight excluding hydrogens is 368 g/mol. The largest absolute Gasteiger partial charge is 0.492 e. The summed E-state index contributed by atoms with van der Waals surface area (Å²) >= 11 is 0. The van der Waals surface area contributed by atoms with Crippen LogP contribution in [-0.2, 0) is 16.0 Å². The van der Waals surface area contributed by atoms with E-state index in [2.05, 4.69) is 12.1 Å². The average molecular weight is 392 g/mol. The van der Waals surface area contributed by atoms with E-state index in [0.717, 1.165) is 6.42 Å². The van der Waals surface area contributed by atoms with Gasteiger partial charge in [-0.1, -0.05) is 42.5 Å². The Labute approximate surface area is 170 Å². The number of ether oxygens (including phenoxy) is 2. The van der Waals surface area contributed by atoms with Gasteiger partial charge in [-0.05, 0) is 17.7 Å². The van der Waals surface area contributed by atoms with Gasteiger partial charge in [-0.3, -0.25) is 9.59 Å². The van der Waals surface area contributed by atoms with Crippen molar-refractivity contribution in [3.05, 3.63) is 65.7 Å². The van der Waals surface area contributed by atoms with Gasteiger partial charge in [0, 0.05) is 25.9 Å². The van der Waals surface area contributed by atoms with Crippen LogP contribution in [0, 0.1) is 0 Å². The molecule has 3 aliphatic rings. The topological polar surface area (TPSA) is 59.1 Å². The van der Waals surface area contributed by atoms with Crippen LogP contribution in [0.4, 0.5) is 0 Å². The summed E-state index contributed by atoms with van der Waals surface area (Å²) in [7, 11) is 0. The summed E-state index contributed by atoms with van der Waals surface area (Å²) in [5, 5.41) is 0. The van der Waals surface area contributed by atoms with Crippen molar-refractivity contribution in [2.45, 2.75) is 31.0 Å². The van der Waals surface area contributed by atoms with E-state index in [1.165, 1.54) is 5.56 Å². The molecule has 3 aliphatic heterocycles. The molecule has 0 radical (unpaired) electrons. The molecule has 2 aromatic carbocycles. The van der Waals surface area contributed by atoms with E-state index in [9.17, 15) is 9.59 Å². The smallest absolute Gasteiger partial charge is 0.258 e.